The van der Waals surface area contributed by atoms with Crippen LogP contribution in [0.3, 0.4) is 0 Å². The molecular weight excluding hydrogens is 276 g/mol. The highest BCUT2D eigenvalue weighted by molar-refractivity contribution is 7.99. The van der Waals surface area contributed by atoms with Gasteiger partial charge < -0.3 is 5.73 Å². The number of nitrogens with one attached hydrogen (secondary N) is 1. The van der Waals surface area contributed by atoms with E-state index in [4.69, 9.17) is 11.1 Å². The van der Waals surface area contributed by atoms with Gasteiger partial charge in [-0.25, -0.2) is 0 Å². The predicted octanol–water partition coefficient (Wildman–Crippen LogP) is 4.73. The summed E-state index contributed by atoms with van der Waals surface area (Å²) >= 11 is 1.66. The van der Waals surface area contributed by atoms with Crippen LogP contribution in [0.5, 0.6) is 0 Å². The maximum absolute atomic E-state index is 7.69. The lowest BCUT2D eigenvalue weighted by Gasteiger charge is -2.19. The molecule has 0 unspecified atom stereocenters. The molecule has 0 radical (unpaired) electrons. The van der Waals surface area contributed by atoms with E-state index in [1.165, 1.54) is 11.1 Å². The summed E-state index contributed by atoms with van der Waals surface area (Å²) in [5.41, 5.74) is 9.13. The normalized spacial score (nSPS) is 11.4. The number of benzene rings is 2. The number of hydrogen-bond donors (Lipinski definition) is 2. The number of nitrogens with two attached hydrogens (primary N) is 1. The zero-order valence-corrected chi connectivity index (χ0v) is 13.8. The van der Waals surface area contributed by atoms with Gasteiger partial charge in [0.15, 0.2) is 0 Å². The lowest BCUT2D eigenvalue weighted by Crippen LogP contribution is -2.12. The Morgan fingerprint density at radius 3 is 2.19 bits per heavy atom. The molecule has 0 saturated carbocycles. The van der Waals surface area contributed by atoms with Crippen LogP contribution in [0.1, 0.15) is 37.5 Å². The minimum Gasteiger partial charge on any atom is -0.384 e. The summed E-state index contributed by atoms with van der Waals surface area (Å²) < 4.78 is 0. The highest BCUT2D eigenvalue weighted by atomic mass is 32.2. The van der Waals surface area contributed by atoms with Crippen molar-refractivity contribution in [3.63, 3.8) is 0 Å². The maximum Gasteiger partial charge on any atom is 0.123 e. The van der Waals surface area contributed by atoms with Crippen molar-refractivity contribution in [1.29, 1.82) is 5.41 Å². The topological polar surface area (TPSA) is 49.9 Å². The molecule has 0 aliphatic heterocycles. The lowest BCUT2D eigenvalue weighted by atomic mass is 9.87. The SMILES string of the molecule is Cc1ccc(C(=N)N)c(Sc2ccc(C(C)(C)C)cc2)c1. The van der Waals surface area contributed by atoms with Crippen molar-refractivity contribution in [2.75, 3.05) is 0 Å². The molecule has 0 bridgehead atoms. The van der Waals surface area contributed by atoms with E-state index in [0.717, 1.165) is 15.4 Å². The molecule has 3 heteroatoms. The molecule has 0 heterocycles. The van der Waals surface area contributed by atoms with E-state index in [1.54, 1.807) is 11.8 Å². The van der Waals surface area contributed by atoms with E-state index in [-0.39, 0.29) is 11.3 Å². The van der Waals surface area contributed by atoms with E-state index in [0.29, 0.717) is 0 Å². The Hall–Kier alpha value is -1.74. The summed E-state index contributed by atoms with van der Waals surface area (Å²) in [4.78, 5) is 2.20. The largest absolute Gasteiger partial charge is 0.384 e. The van der Waals surface area contributed by atoms with Gasteiger partial charge in [0, 0.05) is 15.4 Å². The van der Waals surface area contributed by atoms with E-state index >= 15 is 0 Å². The second-order valence-electron chi connectivity index (χ2n) is 6.29. The van der Waals surface area contributed by atoms with Crippen molar-refractivity contribution < 1.29 is 0 Å². The summed E-state index contributed by atoms with van der Waals surface area (Å²) in [6, 6.07) is 14.6. The van der Waals surface area contributed by atoms with Gasteiger partial charge in [0.2, 0.25) is 0 Å². The molecule has 0 spiro atoms. The Bertz CT molecular complexity index is 652. The molecule has 0 saturated heterocycles. The Morgan fingerprint density at radius 1 is 1.05 bits per heavy atom. The van der Waals surface area contributed by atoms with Crippen LogP contribution in [0.25, 0.3) is 0 Å². The first-order chi connectivity index (χ1) is 9.77. The van der Waals surface area contributed by atoms with Crippen molar-refractivity contribution in [2.45, 2.75) is 42.9 Å². The zero-order chi connectivity index (χ0) is 15.6. The van der Waals surface area contributed by atoms with Crippen LogP contribution in [-0.2, 0) is 5.41 Å². The molecular formula is C18H22N2S. The molecule has 2 nitrogen and oxygen atoms in total. The minimum atomic E-state index is 0.115. The van der Waals surface area contributed by atoms with Crippen LogP contribution in [-0.4, -0.2) is 5.84 Å². The minimum absolute atomic E-state index is 0.115. The summed E-state index contributed by atoms with van der Waals surface area (Å²) in [7, 11) is 0. The van der Waals surface area contributed by atoms with Crippen LogP contribution < -0.4 is 5.73 Å². The first kappa shape index (κ1) is 15.6. The number of amidine groups is 1. The fourth-order valence-electron chi connectivity index (χ4n) is 2.09. The van der Waals surface area contributed by atoms with Crippen molar-refractivity contribution in [3.8, 4) is 0 Å². The quantitative estimate of drug-likeness (QED) is 0.636. The first-order valence-corrected chi connectivity index (χ1v) is 7.82. The first-order valence-electron chi connectivity index (χ1n) is 7.01. The van der Waals surface area contributed by atoms with Crippen LogP contribution in [0.15, 0.2) is 52.3 Å². The van der Waals surface area contributed by atoms with E-state index in [2.05, 4.69) is 58.0 Å². The standard InChI is InChI=1S/C18H22N2S/c1-12-5-10-15(17(19)20)16(11-12)21-14-8-6-13(7-9-14)18(2,3)4/h5-11H,1-4H3,(H3,19,20). The van der Waals surface area contributed by atoms with Gasteiger partial charge in [0.05, 0.1) is 0 Å². The third-order valence-corrected chi connectivity index (χ3v) is 4.44. The molecule has 3 N–H and O–H groups in total. The van der Waals surface area contributed by atoms with Crippen LogP contribution in [0.2, 0.25) is 0 Å². The molecule has 0 aliphatic carbocycles. The molecule has 0 aliphatic rings. The number of aryl methyl sites for hydroxylation is 1. The predicted molar refractivity (Wildman–Crippen MR) is 91.5 cm³/mol. The summed E-state index contributed by atoms with van der Waals surface area (Å²) in [6.07, 6.45) is 0. The average molecular weight is 298 g/mol. The highest BCUT2D eigenvalue weighted by Gasteiger charge is 2.13. The lowest BCUT2D eigenvalue weighted by molar-refractivity contribution is 0.590. The van der Waals surface area contributed by atoms with Crippen molar-refractivity contribution in [3.05, 3.63) is 59.2 Å². The Labute approximate surface area is 131 Å². The molecule has 0 atom stereocenters. The Morgan fingerprint density at radius 2 is 1.67 bits per heavy atom. The second kappa shape index (κ2) is 5.94. The number of rotatable bonds is 3. The monoisotopic (exact) mass is 298 g/mol. The Kier molecular flexibility index (Phi) is 4.43. The third kappa shape index (κ3) is 3.88. The van der Waals surface area contributed by atoms with E-state index in [9.17, 15) is 0 Å². The highest BCUT2D eigenvalue weighted by Crippen LogP contribution is 2.32. The number of hydrogen-bond acceptors (Lipinski definition) is 2. The fourth-order valence-corrected chi connectivity index (χ4v) is 3.15. The van der Waals surface area contributed by atoms with Gasteiger partial charge >= 0.3 is 0 Å². The molecule has 2 aromatic rings. The van der Waals surface area contributed by atoms with Gasteiger partial charge in [0.1, 0.15) is 5.84 Å². The number of nitrogen functional groups attached to an aromatic ring is 1. The molecule has 110 valence electrons. The van der Waals surface area contributed by atoms with Gasteiger partial charge in [0.25, 0.3) is 0 Å². The van der Waals surface area contributed by atoms with Crippen molar-refractivity contribution in [2.24, 2.45) is 5.73 Å². The molecule has 2 rings (SSSR count). The van der Waals surface area contributed by atoms with Crippen molar-refractivity contribution >= 4 is 17.6 Å². The summed E-state index contributed by atoms with van der Waals surface area (Å²) in [6.45, 7) is 8.69. The summed E-state index contributed by atoms with van der Waals surface area (Å²) in [5, 5.41) is 7.69. The average Bonchev–Trinajstić information content (AvgIpc) is 2.38. The van der Waals surface area contributed by atoms with Gasteiger partial charge in [-0.2, -0.15) is 0 Å². The molecule has 0 fully saturated rings. The van der Waals surface area contributed by atoms with Gasteiger partial charge in [-0.3, -0.25) is 5.41 Å². The zero-order valence-electron chi connectivity index (χ0n) is 13.0. The van der Waals surface area contributed by atoms with E-state index < -0.39 is 0 Å². The molecule has 0 amide bonds. The molecule has 2 aromatic carbocycles. The fraction of sp³-hybridized carbons (Fsp3) is 0.278. The molecule has 21 heavy (non-hydrogen) atoms. The van der Waals surface area contributed by atoms with Crippen LogP contribution >= 0.6 is 11.8 Å². The van der Waals surface area contributed by atoms with Crippen molar-refractivity contribution in [1.82, 2.24) is 0 Å². The van der Waals surface area contributed by atoms with Gasteiger partial charge in [-0.1, -0.05) is 50.7 Å². The van der Waals surface area contributed by atoms with Gasteiger partial charge in [-0.05, 0) is 47.7 Å². The second-order valence-corrected chi connectivity index (χ2v) is 7.41. The molecule has 0 aromatic heterocycles. The third-order valence-electron chi connectivity index (χ3n) is 3.38. The smallest absolute Gasteiger partial charge is 0.123 e. The summed E-state index contributed by atoms with van der Waals surface area (Å²) in [5.74, 6) is 0.115. The Balaban J connectivity index is 2.30. The maximum atomic E-state index is 7.69. The van der Waals surface area contributed by atoms with E-state index in [1.807, 2.05) is 12.1 Å². The van der Waals surface area contributed by atoms with Gasteiger partial charge in [-0.15, -0.1) is 0 Å². The van der Waals surface area contributed by atoms with Crippen LogP contribution in [0.4, 0.5) is 0 Å². The van der Waals surface area contributed by atoms with Crippen LogP contribution in [0, 0.1) is 12.3 Å².